The normalized spacial score (nSPS) is 25.2. The largest absolute Gasteiger partial charge is 0.479 e. The maximum Gasteiger partial charge on any atom is 0.407 e. The van der Waals surface area contributed by atoms with Gasteiger partial charge in [0.15, 0.2) is 6.10 Å². The zero-order chi connectivity index (χ0) is 12.3. The minimum absolute atomic E-state index is 0.205. The first-order valence-electron chi connectivity index (χ1n) is 5.12. The second kappa shape index (κ2) is 4.69. The van der Waals surface area contributed by atoms with Crippen LogP contribution < -0.4 is 5.32 Å². The van der Waals surface area contributed by atoms with Gasteiger partial charge in [-0.3, -0.25) is 0 Å². The minimum Gasteiger partial charge on any atom is -0.479 e. The molecule has 2 atom stereocenters. The fourth-order valence-electron chi connectivity index (χ4n) is 1.37. The number of nitrogens with one attached hydrogen (secondary N) is 1. The van der Waals surface area contributed by atoms with Crippen molar-refractivity contribution in [2.24, 2.45) is 0 Å². The number of ether oxygens (including phenoxy) is 2. The lowest BCUT2D eigenvalue weighted by molar-refractivity contribution is -0.147. The summed E-state index contributed by atoms with van der Waals surface area (Å²) in [6, 6.07) is -0.295. The number of carboxylic acids is 1. The highest BCUT2D eigenvalue weighted by Gasteiger charge is 2.32. The molecule has 0 aromatic heterocycles. The molecule has 0 radical (unpaired) electrons. The summed E-state index contributed by atoms with van der Waals surface area (Å²) >= 11 is 0. The molecule has 1 heterocycles. The number of carbonyl (C=O) groups is 2. The number of alkyl carbamates (subject to hydrolysis) is 1. The molecule has 0 unspecified atom stereocenters. The maximum absolute atomic E-state index is 11.4. The molecular formula is C10H17NO5. The van der Waals surface area contributed by atoms with Crippen molar-refractivity contribution in [2.45, 2.75) is 44.9 Å². The lowest BCUT2D eigenvalue weighted by Gasteiger charge is -2.21. The number of hydrogen-bond acceptors (Lipinski definition) is 4. The summed E-state index contributed by atoms with van der Waals surface area (Å²) in [4.78, 5) is 21.9. The summed E-state index contributed by atoms with van der Waals surface area (Å²) in [5.74, 6) is -1.01. The Labute approximate surface area is 93.9 Å². The van der Waals surface area contributed by atoms with Crippen molar-refractivity contribution in [3.8, 4) is 0 Å². The van der Waals surface area contributed by atoms with Crippen molar-refractivity contribution in [3.63, 3.8) is 0 Å². The van der Waals surface area contributed by atoms with Crippen molar-refractivity contribution in [1.82, 2.24) is 5.32 Å². The smallest absolute Gasteiger partial charge is 0.407 e. The Bertz CT molecular complexity index is 283. The van der Waals surface area contributed by atoms with Gasteiger partial charge in [0.25, 0.3) is 0 Å². The van der Waals surface area contributed by atoms with Gasteiger partial charge in [-0.05, 0) is 20.8 Å². The Kier molecular flexibility index (Phi) is 3.74. The Morgan fingerprint density at radius 2 is 2.06 bits per heavy atom. The lowest BCUT2D eigenvalue weighted by Crippen LogP contribution is -2.39. The Morgan fingerprint density at radius 3 is 2.50 bits per heavy atom. The van der Waals surface area contributed by atoms with Gasteiger partial charge in [0.2, 0.25) is 0 Å². The molecule has 0 saturated carbocycles. The van der Waals surface area contributed by atoms with E-state index < -0.39 is 23.8 Å². The van der Waals surface area contributed by atoms with E-state index in [2.05, 4.69) is 5.32 Å². The topological polar surface area (TPSA) is 84.9 Å². The fraction of sp³-hybridized carbons (Fsp3) is 0.800. The van der Waals surface area contributed by atoms with Gasteiger partial charge in [0.1, 0.15) is 5.60 Å². The van der Waals surface area contributed by atoms with Gasteiger partial charge in [0.05, 0.1) is 12.6 Å². The van der Waals surface area contributed by atoms with Crippen LogP contribution in [-0.2, 0) is 14.3 Å². The standard InChI is InChI=1S/C10H17NO5/c1-10(2,3)16-9(14)11-6-4-7(8(12)13)15-5-6/h6-7H,4-5H2,1-3H3,(H,11,14)(H,12,13)/t6-,7-/m1/s1. The zero-order valence-corrected chi connectivity index (χ0v) is 9.65. The highest BCUT2D eigenvalue weighted by Crippen LogP contribution is 2.14. The molecule has 1 aliphatic heterocycles. The predicted octanol–water partition coefficient (Wildman–Crippen LogP) is 0.753. The van der Waals surface area contributed by atoms with Crippen LogP contribution in [0.5, 0.6) is 0 Å². The van der Waals surface area contributed by atoms with Crippen LogP contribution in [0.15, 0.2) is 0 Å². The number of amides is 1. The Balaban J connectivity index is 2.34. The van der Waals surface area contributed by atoms with E-state index in [1.54, 1.807) is 20.8 Å². The Hall–Kier alpha value is -1.30. The predicted molar refractivity (Wildman–Crippen MR) is 55.2 cm³/mol. The zero-order valence-electron chi connectivity index (χ0n) is 9.65. The molecule has 1 fully saturated rings. The molecule has 6 heteroatoms. The molecule has 6 nitrogen and oxygen atoms in total. The molecule has 0 aromatic carbocycles. The molecule has 92 valence electrons. The fourth-order valence-corrected chi connectivity index (χ4v) is 1.37. The summed E-state index contributed by atoms with van der Waals surface area (Å²) in [5.41, 5.74) is -0.560. The first-order chi connectivity index (χ1) is 7.28. The van der Waals surface area contributed by atoms with Crippen LogP contribution in [-0.4, -0.2) is 41.5 Å². The van der Waals surface area contributed by atoms with Crippen LogP contribution in [0.1, 0.15) is 27.2 Å². The van der Waals surface area contributed by atoms with Crippen molar-refractivity contribution in [2.75, 3.05) is 6.61 Å². The number of rotatable bonds is 2. The number of carbonyl (C=O) groups excluding carboxylic acids is 1. The quantitative estimate of drug-likeness (QED) is 0.732. The van der Waals surface area contributed by atoms with Crippen LogP contribution in [0.4, 0.5) is 4.79 Å². The highest BCUT2D eigenvalue weighted by molar-refractivity contribution is 5.73. The van der Waals surface area contributed by atoms with Crippen molar-refractivity contribution in [3.05, 3.63) is 0 Å². The summed E-state index contributed by atoms with van der Waals surface area (Å²) in [7, 11) is 0. The van der Waals surface area contributed by atoms with Gasteiger partial charge < -0.3 is 19.9 Å². The third-order valence-corrected chi connectivity index (χ3v) is 1.99. The molecule has 1 aliphatic rings. The molecule has 2 N–H and O–H groups in total. The van der Waals surface area contributed by atoms with E-state index in [0.717, 1.165) is 0 Å². The van der Waals surface area contributed by atoms with Crippen LogP contribution in [0, 0.1) is 0 Å². The summed E-state index contributed by atoms with van der Waals surface area (Å²) in [5, 5.41) is 11.3. The monoisotopic (exact) mass is 231 g/mol. The second-order valence-electron chi connectivity index (χ2n) is 4.74. The van der Waals surface area contributed by atoms with Crippen LogP contribution in [0.3, 0.4) is 0 Å². The van der Waals surface area contributed by atoms with E-state index in [1.165, 1.54) is 0 Å². The van der Waals surface area contributed by atoms with Gasteiger partial charge in [-0.15, -0.1) is 0 Å². The average Bonchev–Trinajstić information content (AvgIpc) is 2.48. The van der Waals surface area contributed by atoms with E-state index in [9.17, 15) is 9.59 Å². The van der Waals surface area contributed by atoms with Gasteiger partial charge in [-0.2, -0.15) is 0 Å². The summed E-state index contributed by atoms with van der Waals surface area (Å²) in [6.45, 7) is 5.49. The molecule has 1 rings (SSSR count). The minimum atomic E-state index is -1.01. The van der Waals surface area contributed by atoms with Crippen LogP contribution in [0.25, 0.3) is 0 Å². The van der Waals surface area contributed by atoms with E-state index >= 15 is 0 Å². The molecule has 0 bridgehead atoms. The molecule has 16 heavy (non-hydrogen) atoms. The van der Waals surface area contributed by atoms with Crippen LogP contribution in [0.2, 0.25) is 0 Å². The first kappa shape index (κ1) is 12.8. The number of aliphatic carboxylic acids is 1. The maximum atomic E-state index is 11.4. The molecule has 1 saturated heterocycles. The van der Waals surface area contributed by atoms with E-state index in [4.69, 9.17) is 14.6 Å². The first-order valence-corrected chi connectivity index (χ1v) is 5.12. The SMILES string of the molecule is CC(C)(C)OC(=O)N[C@H]1CO[C@@H](C(=O)O)C1. The van der Waals surface area contributed by atoms with E-state index in [1.807, 2.05) is 0 Å². The number of carboxylic acid groups (broad SMARTS) is 1. The van der Waals surface area contributed by atoms with E-state index in [0.29, 0.717) is 0 Å². The molecule has 0 aromatic rings. The summed E-state index contributed by atoms with van der Waals surface area (Å²) < 4.78 is 10.0. The Morgan fingerprint density at radius 1 is 1.44 bits per heavy atom. The average molecular weight is 231 g/mol. The van der Waals surface area contributed by atoms with Gasteiger partial charge in [0, 0.05) is 6.42 Å². The third kappa shape index (κ3) is 4.06. The molecule has 0 spiro atoms. The highest BCUT2D eigenvalue weighted by atomic mass is 16.6. The molecule has 1 amide bonds. The molecular weight excluding hydrogens is 214 g/mol. The van der Waals surface area contributed by atoms with Crippen molar-refractivity contribution < 1.29 is 24.2 Å². The summed E-state index contributed by atoms with van der Waals surface area (Å²) in [6.07, 6.45) is -1.11. The van der Waals surface area contributed by atoms with Gasteiger partial charge in [-0.1, -0.05) is 0 Å². The molecule has 0 aliphatic carbocycles. The second-order valence-corrected chi connectivity index (χ2v) is 4.74. The lowest BCUT2D eigenvalue weighted by atomic mass is 10.2. The number of hydrogen-bond donors (Lipinski definition) is 2. The van der Waals surface area contributed by atoms with Crippen molar-refractivity contribution >= 4 is 12.1 Å². The third-order valence-electron chi connectivity index (χ3n) is 1.99. The van der Waals surface area contributed by atoms with Gasteiger partial charge >= 0.3 is 12.1 Å². The van der Waals surface area contributed by atoms with Crippen molar-refractivity contribution in [1.29, 1.82) is 0 Å². The van der Waals surface area contributed by atoms with E-state index in [-0.39, 0.29) is 19.1 Å². The van der Waals surface area contributed by atoms with Crippen LogP contribution >= 0.6 is 0 Å². The van der Waals surface area contributed by atoms with Gasteiger partial charge in [-0.25, -0.2) is 9.59 Å².